The molecular formula is C27H28F3N5O. The van der Waals surface area contributed by atoms with E-state index in [1.165, 1.54) is 38.1 Å². The van der Waals surface area contributed by atoms with Gasteiger partial charge >= 0.3 is 6.18 Å². The molecule has 0 atom stereocenters. The number of hydrogen-bond acceptors (Lipinski definition) is 5. The van der Waals surface area contributed by atoms with Gasteiger partial charge in [0.2, 0.25) is 5.88 Å². The van der Waals surface area contributed by atoms with Crippen LogP contribution in [0.1, 0.15) is 49.4 Å². The molecule has 2 aliphatic rings. The number of ether oxygens (including phenoxy) is 1. The lowest BCUT2D eigenvalue weighted by molar-refractivity contribution is -0.137. The Morgan fingerprint density at radius 2 is 1.94 bits per heavy atom. The molecule has 0 bridgehead atoms. The Labute approximate surface area is 208 Å². The molecule has 1 saturated carbocycles. The Bertz CT molecular complexity index is 1250. The monoisotopic (exact) mass is 495 g/mol. The fourth-order valence-corrected chi connectivity index (χ4v) is 4.81. The lowest BCUT2D eigenvalue weighted by atomic mass is 10.1. The molecule has 0 saturated heterocycles. The number of fused-ring (bicyclic) bond motifs is 1. The summed E-state index contributed by atoms with van der Waals surface area (Å²) in [7, 11) is 0. The highest BCUT2D eigenvalue weighted by molar-refractivity contribution is 5.99. The van der Waals surface area contributed by atoms with Crippen molar-refractivity contribution in [3.63, 3.8) is 0 Å². The number of hydrogen-bond donors (Lipinski definition) is 1. The first-order valence-electron chi connectivity index (χ1n) is 12.2. The number of halogens is 3. The highest BCUT2D eigenvalue weighted by Crippen LogP contribution is 2.35. The summed E-state index contributed by atoms with van der Waals surface area (Å²) < 4.78 is 45.1. The average Bonchev–Trinajstić information content (AvgIpc) is 3.52. The van der Waals surface area contributed by atoms with Crippen LogP contribution in [0.3, 0.4) is 0 Å². The minimum Gasteiger partial charge on any atom is -0.439 e. The van der Waals surface area contributed by atoms with Gasteiger partial charge in [-0.05, 0) is 68.1 Å². The molecular weight excluding hydrogens is 467 g/mol. The molecule has 3 aromatic rings. The smallest absolute Gasteiger partial charge is 0.416 e. The maximum absolute atomic E-state index is 13.0. The van der Waals surface area contributed by atoms with Crippen molar-refractivity contribution in [3.05, 3.63) is 71.7 Å². The third kappa shape index (κ3) is 5.67. The minimum atomic E-state index is -4.40. The van der Waals surface area contributed by atoms with Crippen molar-refractivity contribution in [1.29, 1.82) is 0 Å². The molecule has 2 aromatic carbocycles. The molecule has 1 aliphatic heterocycles. The molecule has 1 N–H and O–H groups in total. The van der Waals surface area contributed by atoms with Gasteiger partial charge in [-0.3, -0.25) is 0 Å². The summed E-state index contributed by atoms with van der Waals surface area (Å²) in [5.41, 5.74) is 2.52. The second-order valence-electron chi connectivity index (χ2n) is 9.21. The van der Waals surface area contributed by atoms with Gasteiger partial charge in [0, 0.05) is 30.9 Å². The van der Waals surface area contributed by atoms with Gasteiger partial charge in [-0.1, -0.05) is 18.9 Å². The molecule has 0 spiro atoms. The number of aliphatic imine (C=N–C) groups is 1. The quantitative estimate of drug-likeness (QED) is 0.315. The number of benzene rings is 2. The van der Waals surface area contributed by atoms with E-state index in [9.17, 15) is 13.2 Å². The van der Waals surface area contributed by atoms with Gasteiger partial charge in [0.05, 0.1) is 16.9 Å². The number of nitrogens with zero attached hydrogens (tertiary/aromatic N) is 4. The maximum Gasteiger partial charge on any atom is 0.416 e. The largest absolute Gasteiger partial charge is 0.439 e. The molecule has 1 fully saturated rings. The minimum absolute atomic E-state index is 0.276. The summed E-state index contributed by atoms with van der Waals surface area (Å²) in [4.78, 5) is 15.1. The van der Waals surface area contributed by atoms with E-state index >= 15 is 0 Å². The molecule has 188 valence electrons. The van der Waals surface area contributed by atoms with Gasteiger partial charge < -0.3 is 15.0 Å². The van der Waals surface area contributed by atoms with Gasteiger partial charge in [-0.2, -0.15) is 13.2 Å². The van der Waals surface area contributed by atoms with Gasteiger partial charge in [0.25, 0.3) is 0 Å². The van der Waals surface area contributed by atoms with Gasteiger partial charge in [0.15, 0.2) is 0 Å². The Kier molecular flexibility index (Phi) is 6.91. The van der Waals surface area contributed by atoms with E-state index < -0.39 is 11.7 Å². The fraction of sp³-hybridized carbons (Fsp3) is 0.370. The SMILES string of the molecule is CC(=Nc1cccc(C(F)(F)F)c1)N1CCc2cc(Oc3cc(CNC4CCCC4)ncn3)ccc21. The standard InChI is InChI=1S/C27H28F3N5O/c1-18(34-22-8-4-5-20(14-22)27(28,29)30)35-12-11-19-13-24(9-10-25(19)35)36-26-15-23(32-17-33-26)16-31-21-6-2-3-7-21/h4-5,8-10,13-15,17,21,31H,2-3,6-7,11-12,16H2,1H3. The zero-order valence-corrected chi connectivity index (χ0v) is 20.1. The van der Waals surface area contributed by atoms with Crippen molar-refractivity contribution < 1.29 is 17.9 Å². The van der Waals surface area contributed by atoms with E-state index in [1.807, 2.05) is 36.1 Å². The summed E-state index contributed by atoms with van der Waals surface area (Å²) in [6, 6.07) is 13.3. The number of alkyl halides is 3. The first kappa shape index (κ1) is 24.2. The highest BCUT2D eigenvalue weighted by Gasteiger charge is 2.30. The third-order valence-electron chi connectivity index (χ3n) is 6.65. The van der Waals surface area contributed by atoms with Crippen LogP contribution in [0.4, 0.5) is 24.5 Å². The molecule has 6 nitrogen and oxygen atoms in total. The number of rotatable bonds is 6. The molecule has 1 aliphatic carbocycles. The predicted molar refractivity (Wildman–Crippen MR) is 133 cm³/mol. The molecule has 36 heavy (non-hydrogen) atoms. The molecule has 1 aromatic heterocycles. The second kappa shape index (κ2) is 10.3. The van der Waals surface area contributed by atoms with Crippen LogP contribution in [0.25, 0.3) is 0 Å². The zero-order chi connectivity index (χ0) is 25.1. The summed E-state index contributed by atoms with van der Waals surface area (Å²) in [6.45, 7) is 3.19. The molecule has 0 radical (unpaired) electrons. The van der Waals surface area contributed by atoms with Crippen molar-refractivity contribution >= 4 is 17.2 Å². The molecule has 5 rings (SSSR count). The van der Waals surface area contributed by atoms with Crippen LogP contribution in [0.2, 0.25) is 0 Å². The van der Waals surface area contributed by atoms with E-state index in [2.05, 4.69) is 20.3 Å². The Morgan fingerprint density at radius 1 is 1.11 bits per heavy atom. The number of anilines is 1. The highest BCUT2D eigenvalue weighted by atomic mass is 19.4. The van der Waals surface area contributed by atoms with E-state index in [-0.39, 0.29) is 5.69 Å². The normalized spacial score (nSPS) is 16.4. The van der Waals surface area contributed by atoms with Crippen molar-refractivity contribution in [2.24, 2.45) is 4.99 Å². The van der Waals surface area contributed by atoms with Gasteiger partial charge in [0.1, 0.15) is 17.9 Å². The van der Waals surface area contributed by atoms with Crippen molar-refractivity contribution in [1.82, 2.24) is 15.3 Å². The van der Waals surface area contributed by atoms with Crippen LogP contribution >= 0.6 is 0 Å². The van der Waals surface area contributed by atoms with Crippen LogP contribution in [0.5, 0.6) is 11.6 Å². The summed E-state index contributed by atoms with van der Waals surface area (Å²) in [5.74, 6) is 1.80. The predicted octanol–water partition coefficient (Wildman–Crippen LogP) is 6.43. The van der Waals surface area contributed by atoms with E-state index in [0.29, 0.717) is 36.6 Å². The first-order valence-corrected chi connectivity index (χ1v) is 12.2. The van der Waals surface area contributed by atoms with Crippen molar-refractivity contribution in [2.75, 3.05) is 11.4 Å². The van der Waals surface area contributed by atoms with E-state index in [4.69, 9.17) is 4.74 Å². The zero-order valence-electron chi connectivity index (χ0n) is 20.1. The average molecular weight is 496 g/mol. The first-order chi connectivity index (χ1) is 17.3. The second-order valence-corrected chi connectivity index (χ2v) is 9.21. The molecule has 0 amide bonds. The number of nitrogens with one attached hydrogen (secondary N) is 1. The number of aromatic nitrogens is 2. The summed E-state index contributed by atoms with van der Waals surface area (Å²) in [6.07, 6.45) is 2.89. The topological polar surface area (TPSA) is 62.6 Å². The van der Waals surface area contributed by atoms with Crippen molar-refractivity contribution in [3.8, 4) is 11.6 Å². The maximum atomic E-state index is 13.0. The summed E-state index contributed by atoms with van der Waals surface area (Å²) >= 11 is 0. The van der Waals surface area contributed by atoms with Gasteiger partial charge in [-0.15, -0.1) is 0 Å². The molecule has 9 heteroatoms. The van der Waals surface area contributed by atoms with Crippen LogP contribution in [-0.4, -0.2) is 28.4 Å². The van der Waals surface area contributed by atoms with E-state index in [1.54, 1.807) is 6.07 Å². The number of amidine groups is 1. The van der Waals surface area contributed by atoms with Crippen LogP contribution in [-0.2, 0) is 19.1 Å². The Balaban J connectivity index is 1.26. The Hall–Kier alpha value is -3.46. The van der Waals surface area contributed by atoms with Crippen LogP contribution in [0, 0.1) is 0 Å². The van der Waals surface area contributed by atoms with E-state index in [0.717, 1.165) is 35.5 Å². The van der Waals surface area contributed by atoms with Gasteiger partial charge in [-0.25, -0.2) is 15.0 Å². The third-order valence-corrected chi connectivity index (χ3v) is 6.65. The van der Waals surface area contributed by atoms with Crippen molar-refractivity contribution in [2.45, 2.75) is 57.8 Å². The summed E-state index contributed by atoms with van der Waals surface area (Å²) in [5, 5.41) is 3.55. The van der Waals surface area contributed by atoms with Crippen LogP contribution in [0.15, 0.2) is 59.9 Å². The fourth-order valence-electron chi connectivity index (χ4n) is 4.81. The molecule has 2 heterocycles. The molecule has 0 unspecified atom stereocenters. The Morgan fingerprint density at radius 3 is 2.75 bits per heavy atom. The van der Waals surface area contributed by atoms with Crippen LogP contribution < -0.4 is 15.0 Å². The lowest BCUT2D eigenvalue weighted by Crippen LogP contribution is -2.26. The lowest BCUT2D eigenvalue weighted by Gasteiger charge is -2.19.